The Morgan fingerprint density at radius 1 is 0.552 bits per heavy atom. The summed E-state index contributed by atoms with van der Waals surface area (Å²) in [6, 6.07) is 41.7. The molecule has 0 fully saturated rings. The van der Waals surface area contributed by atoms with Gasteiger partial charge >= 0.3 is 0 Å². The van der Waals surface area contributed by atoms with Crippen molar-refractivity contribution in [2.24, 2.45) is 4.99 Å². The maximum absolute atomic E-state index is 5.18. The molecule has 0 bridgehead atoms. The van der Waals surface area contributed by atoms with E-state index in [1.807, 2.05) is 24.3 Å². The van der Waals surface area contributed by atoms with Crippen LogP contribution in [0.25, 0.3) is 11.8 Å². The van der Waals surface area contributed by atoms with E-state index in [1.165, 1.54) is 5.56 Å². The van der Waals surface area contributed by atoms with Gasteiger partial charge in [-0.25, -0.2) is 0 Å². The van der Waals surface area contributed by atoms with E-state index in [-0.39, 0.29) is 0 Å². The highest BCUT2D eigenvalue weighted by Crippen LogP contribution is 2.22. The largest absolute Gasteiger partial charge is 0.252 e. The van der Waals surface area contributed by atoms with Gasteiger partial charge in [0.25, 0.3) is 0 Å². The molecular weight excluding hydrogens is 350 g/mol. The lowest BCUT2D eigenvalue weighted by Gasteiger charge is -2.10. The van der Waals surface area contributed by atoms with Gasteiger partial charge in [0.2, 0.25) is 0 Å². The molecule has 0 N–H and O–H groups in total. The molecule has 140 valence electrons. The molecular formula is C28H23N. The molecule has 4 aromatic rings. The van der Waals surface area contributed by atoms with Gasteiger partial charge in [0.15, 0.2) is 0 Å². The normalized spacial score (nSPS) is 12.0. The summed E-state index contributed by atoms with van der Waals surface area (Å²) >= 11 is 0. The van der Waals surface area contributed by atoms with Crippen molar-refractivity contribution < 1.29 is 0 Å². The molecule has 0 saturated carbocycles. The lowest BCUT2D eigenvalue weighted by Crippen LogP contribution is -2.06. The highest BCUT2D eigenvalue weighted by molar-refractivity contribution is 6.05. The van der Waals surface area contributed by atoms with Gasteiger partial charge < -0.3 is 0 Å². The second-order valence-electron chi connectivity index (χ2n) is 6.89. The Morgan fingerprint density at radius 3 is 1.62 bits per heavy atom. The minimum atomic E-state index is 0.782. The van der Waals surface area contributed by atoms with Crippen LogP contribution in [0.4, 0.5) is 0 Å². The average molecular weight is 373 g/mol. The number of hydrogen-bond acceptors (Lipinski definition) is 1. The van der Waals surface area contributed by atoms with Gasteiger partial charge in [0.1, 0.15) is 0 Å². The Balaban J connectivity index is 1.82. The second-order valence-corrected chi connectivity index (χ2v) is 6.89. The molecule has 0 aliphatic carbocycles. The summed E-state index contributed by atoms with van der Waals surface area (Å²) in [5.41, 5.74) is 6.67. The van der Waals surface area contributed by atoms with E-state index in [9.17, 15) is 0 Å². The first kappa shape index (κ1) is 18.6. The average Bonchev–Trinajstić information content (AvgIpc) is 2.81. The zero-order valence-corrected chi connectivity index (χ0v) is 16.3. The summed E-state index contributed by atoms with van der Waals surface area (Å²) in [5.74, 6) is 0. The first-order valence-corrected chi connectivity index (χ1v) is 9.87. The number of benzene rings is 4. The maximum atomic E-state index is 5.18. The molecule has 0 radical (unpaired) electrons. The smallest absolute Gasteiger partial charge is 0.0711 e. The lowest BCUT2D eigenvalue weighted by molar-refractivity contribution is 1.30. The summed E-state index contributed by atoms with van der Waals surface area (Å²) in [5, 5.41) is 0. The predicted octanol–water partition coefficient (Wildman–Crippen LogP) is 6.92. The molecule has 1 heteroatoms. The van der Waals surface area contributed by atoms with E-state index in [4.69, 9.17) is 4.99 Å². The Hall–Kier alpha value is -3.71. The Kier molecular flexibility index (Phi) is 6.09. The fourth-order valence-electron chi connectivity index (χ4n) is 3.27. The van der Waals surface area contributed by atoms with E-state index in [0.717, 1.165) is 34.5 Å². The molecule has 0 heterocycles. The highest BCUT2D eigenvalue weighted by Gasteiger charge is 2.08. The predicted molar refractivity (Wildman–Crippen MR) is 124 cm³/mol. The fourth-order valence-corrected chi connectivity index (χ4v) is 3.27. The number of aliphatic imine (C=N–C) groups is 1. The van der Waals surface area contributed by atoms with Crippen LogP contribution in [0.2, 0.25) is 0 Å². The summed E-state index contributed by atoms with van der Waals surface area (Å²) in [6.45, 7) is 0. The van der Waals surface area contributed by atoms with E-state index >= 15 is 0 Å². The van der Waals surface area contributed by atoms with Gasteiger partial charge in [0, 0.05) is 12.0 Å². The van der Waals surface area contributed by atoms with Crippen LogP contribution < -0.4 is 0 Å². The van der Waals surface area contributed by atoms with E-state index < -0.39 is 0 Å². The molecule has 4 rings (SSSR count). The first-order chi connectivity index (χ1) is 14.4. The van der Waals surface area contributed by atoms with Crippen molar-refractivity contribution in [3.63, 3.8) is 0 Å². The number of nitrogens with zero attached hydrogens (tertiary/aromatic N) is 1. The van der Waals surface area contributed by atoms with E-state index in [0.29, 0.717) is 0 Å². The first-order valence-electron chi connectivity index (χ1n) is 9.87. The fraction of sp³-hybridized carbons (Fsp3) is 0.0357. The zero-order chi connectivity index (χ0) is 19.7. The highest BCUT2D eigenvalue weighted by atomic mass is 14.8. The standard InChI is InChI=1S/C28H23N/c1-5-13-23(14-6-1)21-27(25-17-9-3-10-18-25)29-28(26-19-11-4-12-20-26)22-24-15-7-2-8-16-24/h1-21H,22H2/b27-21+,29-28?. The van der Waals surface area contributed by atoms with Gasteiger partial charge in [-0.15, -0.1) is 0 Å². The van der Waals surface area contributed by atoms with Crippen LogP contribution in [0.5, 0.6) is 0 Å². The minimum absolute atomic E-state index is 0.782. The summed E-state index contributed by atoms with van der Waals surface area (Å²) in [6.07, 6.45) is 2.94. The molecule has 4 aromatic carbocycles. The number of rotatable bonds is 6. The van der Waals surface area contributed by atoms with Crippen molar-refractivity contribution in [1.82, 2.24) is 0 Å². The molecule has 29 heavy (non-hydrogen) atoms. The van der Waals surface area contributed by atoms with Gasteiger partial charge in [-0.05, 0) is 22.8 Å². The van der Waals surface area contributed by atoms with Crippen LogP contribution in [0, 0.1) is 0 Å². The molecule has 0 atom stereocenters. The monoisotopic (exact) mass is 373 g/mol. The molecule has 0 unspecified atom stereocenters. The van der Waals surface area contributed by atoms with Gasteiger partial charge in [0.05, 0.1) is 11.4 Å². The SMILES string of the molecule is C(=C(\N=C(Cc1ccccc1)c1ccccc1)c1ccccc1)/c1ccccc1. The van der Waals surface area contributed by atoms with Crippen molar-refractivity contribution in [2.75, 3.05) is 0 Å². The van der Waals surface area contributed by atoms with Gasteiger partial charge in [-0.2, -0.15) is 0 Å². The van der Waals surface area contributed by atoms with Crippen LogP contribution >= 0.6 is 0 Å². The van der Waals surface area contributed by atoms with Gasteiger partial charge in [-0.3, -0.25) is 4.99 Å². The molecule has 1 nitrogen and oxygen atoms in total. The summed E-state index contributed by atoms with van der Waals surface area (Å²) < 4.78 is 0. The molecule has 0 aromatic heterocycles. The second kappa shape index (κ2) is 9.48. The molecule has 0 aliphatic heterocycles. The molecule has 0 aliphatic rings. The van der Waals surface area contributed by atoms with Crippen molar-refractivity contribution in [3.8, 4) is 0 Å². The maximum Gasteiger partial charge on any atom is 0.0711 e. The van der Waals surface area contributed by atoms with Crippen LogP contribution in [0.3, 0.4) is 0 Å². The quantitative estimate of drug-likeness (QED) is 0.257. The third kappa shape index (κ3) is 5.18. The van der Waals surface area contributed by atoms with E-state index in [2.05, 4.69) is 103 Å². The molecule has 0 spiro atoms. The summed E-state index contributed by atoms with van der Waals surface area (Å²) in [7, 11) is 0. The van der Waals surface area contributed by atoms with Crippen LogP contribution in [0.15, 0.2) is 126 Å². The Bertz CT molecular complexity index is 1080. The zero-order valence-electron chi connectivity index (χ0n) is 16.3. The van der Waals surface area contributed by atoms with Crippen molar-refractivity contribution >= 4 is 17.5 Å². The molecule has 0 saturated heterocycles. The van der Waals surface area contributed by atoms with Crippen LogP contribution in [-0.2, 0) is 6.42 Å². The summed E-state index contributed by atoms with van der Waals surface area (Å²) in [4.78, 5) is 5.18. The Morgan fingerprint density at radius 2 is 1.03 bits per heavy atom. The van der Waals surface area contributed by atoms with Crippen molar-refractivity contribution in [1.29, 1.82) is 0 Å². The third-order valence-corrected chi connectivity index (χ3v) is 4.75. The lowest BCUT2D eigenvalue weighted by atomic mass is 10.0. The Labute approximate surface area is 172 Å². The van der Waals surface area contributed by atoms with E-state index in [1.54, 1.807) is 0 Å². The number of hydrogen-bond donors (Lipinski definition) is 0. The van der Waals surface area contributed by atoms with Crippen molar-refractivity contribution in [2.45, 2.75) is 6.42 Å². The molecule has 0 amide bonds. The van der Waals surface area contributed by atoms with Crippen LogP contribution in [0.1, 0.15) is 22.3 Å². The topological polar surface area (TPSA) is 12.4 Å². The van der Waals surface area contributed by atoms with Crippen LogP contribution in [-0.4, -0.2) is 5.71 Å². The third-order valence-electron chi connectivity index (χ3n) is 4.75. The minimum Gasteiger partial charge on any atom is -0.252 e. The van der Waals surface area contributed by atoms with Gasteiger partial charge in [-0.1, -0.05) is 121 Å². The van der Waals surface area contributed by atoms with Crippen molar-refractivity contribution in [3.05, 3.63) is 144 Å².